The summed E-state index contributed by atoms with van der Waals surface area (Å²) in [6.45, 7) is 9.17. The molecule has 3 aromatic carbocycles. The predicted octanol–water partition coefficient (Wildman–Crippen LogP) is 4.96. The highest BCUT2D eigenvalue weighted by Gasteiger charge is 2.20. The van der Waals surface area contributed by atoms with Crippen LogP contribution in [0.2, 0.25) is 0 Å². The molecule has 0 bridgehead atoms. The maximum atomic E-state index is 9.67. The monoisotopic (exact) mass is 416 g/mol. The van der Waals surface area contributed by atoms with E-state index in [1.54, 1.807) is 0 Å². The number of aliphatic hydroxyl groups is 1. The van der Waals surface area contributed by atoms with Gasteiger partial charge in [-0.3, -0.25) is 4.90 Å². The van der Waals surface area contributed by atoms with Gasteiger partial charge < -0.3 is 14.7 Å². The number of nitrogens with zero attached hydrogens (tertiary/aromatic N) is 2. The molecule has 0 spiro atoms. The third-order valence-corrected chi connectivity index (χ3v) is 5.77. The van der Waals surface area contributed by atoms with Gasteiger partial charge >= 0.3 is 0 Å². The second-order valence-electron chi connectivity index (χ2n) is 8.41. The molecule has 0 aliphatic carbocycles. The summed E-state index contributed by atoms with van der Waals surface area (Å²) in [6, 6.07) is 25.1. The van der Waals surface area contributed by atoms with Crippen molar-refractivity contribution in [3.05, 3.63) is 83.9 Å². The number of hydrogen-bond acceptors (Lipinski definition) is 4. The summed E-state index contributed by atoms with van der Waals surface area (Å²) in [5.74, 6) is 0.973. The van der Waals surface area contributed by atoms with E-state index in [0.29, 0.717) is 0 Å². The SMILES string of the molecule is CC(C)Oc1ccccc1N1CCN(Cc2cccc(-c3ccccc3CO)c2)CC1. The molecule has 1 aliphatic heterocycles. The Morgan fingerprint density at radius 3 is 2.39 bits per heavy atom. The van der Waals surface area contributed by atoms with Gasteiger partial charge in [0.2, 0.25) is 0 Å². The number of hydrogen-bond donors (Lipinski definition) is 1. The van der Waals surface area contributed by atoms with Crippen molar-refractivity contribution in [2.75, 3.05) is 31.1 Å². The van der Waals surface area contributed by atoms with E-state index >= 15 is 0 Å². The van der Waals surface area contributed by atoms with E-state index in [4.69, 9.17) is 4.74 Å². The van der Waals surface area contributed by atoms with Gasteiger partial charge in [-0.05, 0) is 54.3 Å². The van der Waals surface area contributed by atoms with E-state index in [2.05, 4.69) is 72.2 Å². The standard InChI is InChI=1S/C27H32N2O2/c1-21(2)31-27-13-6-5-12-26(27)29-16-14-28(15-17-29)19-22-8-7-10-23(18-22)25-11-4-3-9-24(25)20-30/h3-13,18,21,30H,14-17,19-20H2,1-2H3. The number of benzene rings is 3. The zero-order chi connectivity index (χ0) is 21.6. The smallest absolute Gasteiger partial charge is 0.142 e. The molecule has 1 fully saturated rings. The highest BCUT2D eigenvalue weighted by Crippen LogP contribution is 2.30. The Morgan fingerprint density at radius 2 is 1.61 bits per heavy atom. The Hall–Kier alpha value is -2.82. The zero-order valence-corrected chi connectivity index (χ0v) is 18.5. The molecule has 3 aromatic rings. The topological polar surface area (TPSA) is 35.9 Å². The average Bonchev–Trinajstić information content (AvgIpc) is 2.80. The Bertz CT molecular complexity index is 994. The fraction of sp³-hybridized carbons (Fsp3) is 0.333. The van der Waals surface area contributed by atoms with Gasteiger partial charge in [-0.15, -0.1) is 0 Å². The molecule has 4 nitrogen and oxygen atoms in total. The minimum absolute atomic E-state index is 0.0599. The van der Waals surface area contributed by atoms with Crippen LogP contribution in [0.4, 0.5) is 5.69 Å². The van der Waals surface area contributed by atoms with Crippen LogP contribution in [0.1, 0.15) is 25.0 Å². The molecule has 1 saturated heterocycles. The van der Waals surface area contributed by atoms with Crippen molar-refractivity contribution >= 4 is 5.69 Å². The van der Waals surface area contributed by atoms with Crippen molar-refractivity contribution in [3.63, 3.8) is 0 Å². The van der Waals surface area contributed by atoms with E-state index in [1.165, 1.54) is 16.8 Å². The molecule has 4 rings (SSSR count). The lowest BCUT2D eigenvalue weighted by atomic mass is 9.98. The summed E-state index contributed by atoms with van der Waals surface area (Å²) < 4.78 is 6.02. The van der Waals surface area contributed by atoms with Gasteiger partial charge in [-0.1, -0.05) is 54.6 Å². The number of anilines is 1. The molecular weight excluding hydrogens is 384 g/mol. The normalized spacial score (nSPS) is 14.8. The van der Waals surface area contributed by atoms with Gasteiger partial charge in [0.15, 0.2) is 0 Å². The summed E-state index contributed by atoms with van der Waals surface area (Å²) in [7, 11) is 0. The average molecular weight is 417 g/mol. The summed E-state index contributed by atoms with van der Waals surface area (Å²) in [5, 5.41) is 9.67. The van der Waals surface area contributed by atoms with Gasteiger partial charge in [-0.2, -0.15) is 0 Å². The Kier molecular flexibility index (Phi) is 6.90. The molecule has 0 amide bonds. The number of ether oxygens (including phenoxy) is 1. The molecule has 1 aliphatic rings. The van der Waals surface area contributed by atoms with Crippen LogP contribution in [0.3, 0.4) is 0 Å². The number of para-hydroxylation sites is 2. The van der Waals surface area contributed by atoms with Crippen LogP contribution in [-0.2, 0) is 13.2 Å². The lowest BCUT2D eigenvalue weighted by Gasteiger charge is -2.37. The van der Waals surface area contributed by atoms with E-state index in [0.717, 1.165) is 49.6 Å². The van der Waals surface area contributed by atoms with Crippen molar-refractivity contribution in [1.29, 1.82) is 0 Å². The van der Waals surface area contributed by atoms with Gasteiger partial charge in [0.05, 0.1) is 18.4 Å². The molecule has 4 heteroatoms. The fourth-order valence-electron chi connectivity index (χ4n) is 4.25. The quantitative estimate of drug-likeness (QED) is 0.591. The summed E-state index contributed by atoms with van der Waals surface area (Å²) >= 11 is 0. The molecule has 162 valence electrons. The van der Waals surface area contributed by atoms with E-state index in [1.807, 2.05) is 24.3 Å². The zero-order valence-electron chi connectivity index (χ0n) is 18.5. The molecule has 0 aromatic heterocycles. The first kappa shape index (κ1) is 21.4. The maximum Gasteiger partial charge on any atom is 0.142 e. The third-order valence-electron chi connectivity index (χ3n) is 5.77. The lowest BCUT2D eigenvalue weighted by molar-refractivity contribution is 0.235. The Morgan fingerprint density at radius 1 is 0.871 bits per heavy atom. The molecule has 0 saturated carbocycles. The Labute approximate surface area is 185 Å². The molecule has 0 unspecified atom stereocenters. The summed E-state index contributed by atoms with van der Waals surface area (Å²) in [4.78, 5) is 4.95. The van der Waals surface area contributed by atoms with Gasteiger partial charge in [0.25, 0.3) is 0 Å². The molecule has 1 N–H and O–H groups in total. The van der Waals surface area contributed by atoms with Crippen LogP contribution in [0.25, 0.3) is 11.1 Å². The largest absolute Gasteiger partial charge is 0.489 e. The second-order valence-corrected chi connectivity index (χ2v) is 8.41. The second kappa shape index (κ2) is 9.99. The maximum absolute atomic E-state index is 9.67. The van der Waals surface area contributed by atoms with E-state index in [9.17, 15) is 5.11 Å². The first-order chi connectivity index (χ1) is 15.1. The van der Waals surface area contributed by atoms with Gasteiger partial charge in [0, 0.05) is 32.7 Å². The van der Waals surface area contributed by atoms with Crippen molar-refractivity contribution in [2.24, 2.45) is 0 Å². The van der Waals surface area contributed by atoms with Crippen LogP contribution >= 0.6 is 0 Å². The van der Waals surface area contributed by atoms with Crippen LogP contribution in [0.15, 0.2) is 72.8 Å². The third kappa shape index (κ3) is 5.27. The van der Waals surface area contributed by atoms with Crippen LogP contribution in [-0.4, -0.2) is 42.3 Å². The van der Waals surface area contributed by atoms with Crippen molar-refractivity contribution in [3.8, 4) is 16.9 Å². The van der Waals surface area contributed by atoms with Crippen LogP contribution in [0, 0.1) is 0 Å². The molecular formula is C27H32N2O2. The fourth-order valence-corrected chi connectivity index (χ4v) is 4.25. The van der Waals surface area contributed by atoms with Crippen molar-refractivity contribution in [1.82, 2.24) is 4.90 Å². The summed E-state index contributed by atoms with van der Waals surface area (Å²) in [6.07, 6.45) is 0.172. The van der Waals surface area contributed by atoms with Gasteiger partial charge in [-0.25, -0.2) is 0 Å². The van der Waals surface area contributed by atoms with E-state index < -0.39 is 0 Å². The van der Waals surface area contributed by atoms with Crippen LogP contribution in [0.5, 0.6) is 5.75 Å². The molecule has 0 atom stereocenters. The lowest BCUT2D eigenvalue weighted by Crippen LogP contribution is -2.46. The predicted molar refractivity (Wildman–Crippen MR) is 127 cm³/mol. The first-order valence-corrected chi connectivity index (χ1v) is 11.1. The van der Waals surface area contributed by atoms with Crippen molar-refractivity contribution in [2.45, 2.75) is 33.1 Å². The molecule has 0 radical (unpaired) electrons. The molecule has 1 heterocycles. The minimum Gasteiger partial charge on any atom is -0.489 e. The highest BCUT2D eigenvalue weighted by molar-refractivity contribution is 5.67. The Balaban J connectivity index is 1.41. The number of rotatable bonds is 7. The number of aliphatic hydroxyl groups excluding tert-OH is 1. The van der Waals surface area contributed by atoms with Gasteiger partial charge in [0.1, 0.15) is 5.75 Å². The summed E-state index contributed by atoms with van der Waals surface area (Å²) in [5.41, 5.74) is 5.75. The van der Waals surface area contributed by atoms with Crippen LogP contribution < -0.4 is 9.64 Å². The minimum atomic E-state index is 0.0599. The molecule has 31 heavy (non-hydrogen) atoms. The van der Waals surface area contributed by atoms with E-state index in [-0.39, 0.29) is 12.7 Å². The number of piperazine rings is 1. The first-order valence-electron chi connectivity index (χ1n) is 11.1. The highest BCUT2D eigenvalue weighted by atomic mass is 16.5. The van der Waals surface area contributed by atoms with Crippen molar-refractivity contribution < 1.29 is 9.84 Å².